The van der Waals surface area contributed by atoms with Gasteiger partial charge in [0.25, 0.3) is 11.8 Å². The van der Waals surface area contributed by atoms with Crippen molar-refractivity contribution in [2.75, 3.05) is 11.9 Å². The molecule has 120 valence electrons. The van der Waals surface area contributed by atoms with E-state index in [4.69, 9.17) is 4.42 Å². The van der Waals surface area contributed by atoms with Crippen LogP contribution in [0.1, 0.15) is 40.7 Å². The van der Waals surface area contributed by atoms with E-state index in [1.807, 2.05) is 0 Å². The van der Waals surface area contributed by atoms with Gasteiger partial charge in [0, 0.05) is 17.8 Å². The third kappa shape index (κ3) is 3.80. The Morgan fingerprint density at radius 2 is 2.04 bits per heavy atom. The smallest absolute Gasteiger partial charge is 0.291 e. The largest absolute Gasteiger partial charge is 0.459 e. The van der Waals surface area contributed by atoms with E-state index in [-0.39, 0.29) is 17.6 Å². The molecule has 1 aromatic heterocycles. The quantitative estimate of drug-likeness (QED) is 0.859. The Hall–Kier alpha value is -2.56. The minimum absolute atomic E-state index is 0.110. The maximum Gasteiger partial charge on any atom is 0.291 e. The number of benzene rings is 1. The van der Waals surface area contributed by atoms with E-state index in [1.54, 1.807) is 36.4 Å². The lowest BCUT2D eigenvalue weighted by molar-refractivity contribution is 0.0949. The van der Waals surface area contributed by atoms with E-state index in [0.29, 0.717) is 17.2 Å². The predicted molar refractivity (Wildman–Crippen MR) is 87.3 cm³/mol. The van der Waals surface area contributed by atoms with Crippen molar-refractivity contribution in [2.45, 2.75) is 19.8 Å². The van der Waals surface area contributed by atoms with E-state index in [9.17, 15) is 9.59 Å². The molecule has 1 saturated carbocycles. The third-order valence-corrected chi connectivity index (χ3v) is 4.25. The van der Waals surface area contributed by atoms with Gasteiger partial charge >= 0.3 is 0 Å². The first-order valence-electron chi connectivity index (χ1n) is 7.90. The number of carbonyl (C=O) groups excluding carboxylic acids is 2. The second kappa shape index (κ2) is 6.69. The standard InChI is InChI=1S/C18H20N2O3/c1-2-12-9-14(12)11-19-17(21)13-5-3-6-15(10-13)20-18(22)16-7-4-8-23-16/h3-8,10,12,14H,2,9,11H2,1H3,(H,19,21)(H,20,22)/t12-,14+/m1/s1. The Balaban J connectivity index is 1.58. The van der Waals surface area contributed by atoms with Crippen molar-refractivity contribution in [3.63, 3.8) is 0 Å². The molecule has 1 aromatic carbocycles. The van der Waals surface area contributed by atoms with Crippen LogP contribution < -0.4 is 10.6 Å². The highest BCUT2D eigenvalue weighted by molar-refractivity contribution is 6.03. The van der Waals surface area contributed by atoms with Crippen LogP contribution in [0.4, 0.5) is 5.69 Å². The number of nitrogens with one attached hydrogen (secondary N) is 2. The molecule has 5 nitrogen and oxygen atoms in total. The molecule has 1 aliphatic carbocycles. The summed E-state index contributed by atoms with van der Waals surface area (Å²) in [6, 6.07) is 10.1. The summed E-state index contributed by atoms with van der Waals surface area (Å²) >= 11 is 0. The molecule has 1 fully saturated rings. The highest BCUT2D eigenvalue weighted by atomic mass is 16.3. The fourth-order valence-corrected chi connectivity index (χ4v) is 2.72. The Bertz CT molecular complexity index is 694. The molecule has 0 bridgehead atoms. The lowest BCUT2D eigenvalue weighted by Gasteiger charge is -2.07. The van der Waals surface area contributed by atoms with Crippen molar-refractivity contribution in [1.82, 2.24) is 5.32 Å². The van der Waals surface area contributed by atoms with Gasteiger partial charge in [0.2, 0.25) is 0 Å². The van der Waals surface area contributed by atoms with Gasteiger partial charge in [-0.15, -0.1) is 0 Å². The molecule has 2 aromatic rings. The molecule has 2 atom stereocenters. The fourth-order valence-electron chi connectivity index (χ4n) is 2.72. The molecule has 1 heterocycles. The number of anilines is 1. The van der Waals surface area contributed by atoms with Crippen LogP contribution in [-0.2, 0) is 0 Å². The van der Waals surface area contributed by atoms with Gasteiger partial charge in [0.15, 0.2) is 5.76 Å². The molecule has 2 N–H and O–H groups in total. The molecule has 23 heavy (non-hydrogen) atoms. The highest BCUT2D eigenvalue weighted by Gasteiger charge is 2.35. The SMILES string of the molecule is CC[C@@H]1C[C@H]1CNC(=O)c1cccc(NC(=O)c2ccco2)c1. The molecule has 0 radical (unpaired) electrons. The first-order chi connectivity index (χ1) is 11.2. The van der Waals surface area contributed by atoms with Gasteiger partial charge in [-0.25, -0.2) is 0 Å². The third-order valence-electron chi connectivity index (χ3n) is 4.25. The monoisotopic (exact) mass is 312 g/mol. The van der Waals surface area contributed by atoms with E-state index in [2.05, 4.69) is 17.6 Å². The molecule has 3 rings (SSSR count). The van der Waals surface area contributed by atoms with E-state index >= 15 is 0 Å². The first-order valence-corrected chi connectivity index (χ1v) is 7.90. The zero-order valence-corrected chi connectivity index (χ0v) is 13.0. The van der Waals surface area contributed by atoms with Crippen molar-refractivity contribution >= 4 is 17.5 Å². The molecule has 0 spiro atoms. The van der Waals surface area contributed by atoms with Gasteiger partial charge in [0.1, 0.15) is 0 Å². The Labute approximate surface area is 135 Å². The summed E-state index contributed by atoms with van der Waals surface area (Å²) in [5.41, 5.74) is 1.10. The summed E-state index contributed by atoms with van der Waals surface area (Å²) < 4.78 is 5.05. The molecule has 1 aliphatic rings. The van der Waals surface area contributed by atoms with Gasteiger partial charge < -0.3 is 15.1 Å². The van der Waals surface area contributed by atoms with Crippen LogP contribution in [0.25, 0.3) is 0 Å². The fraction of sp³-hybridized carbons (Fsp3) is 0.333. The molecule has 5 heteroatoms. The van der Waals surface area contributed by atoms with Crippen molar-refractivity contribution < 1.29 is 14.0 Å². The number of carbonyl (C=O) groups is 2. The summed E-state index contributed by atoms with van der Waals surface area (Å²) in [5.74, 6) is 1.16. The van der Waals surface area contributed by atoms with Gasteiger partial charge in [-0.3, -0.25) is 9.59 Å². The van der Waals surface area contributed by atoms with Crippen LogP contribution in [0.2, 0.25) is 0 Å². The molecule has 0 saturated heterocycles. The lowest BCUT2D eigenvalue weighted by Crippen LogP contribution is -2.26. The van der Waals surface area contributed by atoms with Crippen LogP contribution in [0, 0.1) is 11.8 Å². The van der Waals surface area contributed by atoms with Crippen LogP contribution in [0.15, 0.2) is 47.1 Å². The summed E-state index contributed by atoms with van der Waals surface area (Å²) in [4.78, 5) is 24.1. The summed E-state index contributed by atoms with van der Waals surface area (Å²) in [5, 5.41) is 5.68. The number of hydrogen-bond acceptors (Lipinski definition) is 3. The van der Waals surface area contributed by atoms with Crippen molar-refractivity contribution in [3.8, 4) is 0 Å². The zero-order chi connectivity index (χ0) is 16.2. The Morgan fingerprint density at radius 3 is 2.74 bits per heavy atom. The van der Waals surface area contributed by atoms with Gasteiger partial charge in [-0.1, -0.05) is 19.4 Å². The first kappa shape index (κ1) is 15.3. The second-order valence-electron chi connectivity index (χ2n) is 5.89. The summed E-state index contributed by atoms with van der Waals surface area (Å²) in [7, 11) is 0. The van der Waals surface area contributed by atoms with Crippen molar-refractivity contribution in [3.05, 3.63) is 54.0 Å². The van der Waals surface area contributed by atoms with Crippen LogP contribution in [-0.4, -0.2) is 18.4 Å². The average Bonchev–Trinajstić information content (AvgIpc) is 3.10. The number of furan rings is 1. The van der Waals surface area contributed by atoms with Gasteiger partial charge in [-0.2, -0.15) is 0 Å². The topological polar surface area (TPSA) is 71.3 Å². The predicted octanol–water partition coefficient (Wildman–Crippen LogP) is 3.31. The number of hydrogen-bond donors (Lipinski definition) is 2. The molecule has 0 unspecified atom stereocenters. The summed E-state index contributed by atoms with van der Waals surface area (Å²) in [6.45, 7) is 2.90. The lowest BCUT2D eigenvalue weighted by atomic mass is 10.1. The molecular formula is C18H20N2O3. The second-order valence-corrected chi connectivity index (χ2v) is 5.89. The average molecular weight is 312 g/mol. The molecule has 0 aliphatic heterocycles. The van der Waals surface area contributed by atoms with Gasteiger partial charge in [0.05, 0.1) is 6.26 Å². The van der Waals surface area contributed by atoms with E-state index < -0.39 is 0 Å². The van der Waals surface area contributed by atoms with Crippen LogP contribution >= 0.6 is 0 Å². The number of amides is 2. The molecule has 2 amide bonds. The minimum atomic E-state index is -0.337. The highest BCUT2D eigenvalue weighted by Crippen LogP contribution is 2.40. The van der Waals surface area contributed by atoms with E-state index in [1.165, 1.54) is 19.1 Å². The van der Waals surface area contributed by atoms with Crippen molar-refractivity contribution in [1.29, 1.82) is 0 Å². The maximum absolute atomic E-state index is 12.2. The summed E-state index contributed by atoms with van der Waals surface area (Å²) in [6.07, 6.45) is 3.82. The van der Waals surface area contributed by atoms with Crippen LogP contribution in [0.5, 0.6) is 0 Å². The van der Waals surface area contributed by atoms with Gasteiger partial charge in [-0.05, 0) is 48.6 Å². The van der Waals surface area contributed by atoms with E-state index in [0.717, 1.165) is 12.5 Å². The molecular weight excluding hydrogens is 292 g/mol. The van der Waals surface area contributed by atoms with Crippen LogP contribution in [0.3, 0.4) is 0 Å². The Morgan fingerprint density at radius 1 is 1.17 bits per heavy atom. The zero-order valence-electron chi connectivity index (χ0n) is 13.0. The Kier molecular flexibility index (Phi) is 4.46. The normalized spacial score (nSPS) is 19.2. The minimum Gasteiger partial charge on any atom is -0.459 e. The van der Waals surface area contributed by atoms with Crippen molar-refractivity contribution in [2.24, 2.45) is 11.8 Å². The number of rotatable bonds is 6. The maximum atomic E-state index is 12.2.